The number of benzene rings is 1. The number of nitrogens with one attached hydrogen (secondary N) is 1. The molecular weight excluding hydrogens is 503 g/mol. The number of nitrogens with zero attached hydrogens (tertiary/aromatic N) is 2. The molecule has 4 fully saturated rings. The molecule has 2 heterocycles. The summed E-state index contributed by atoms with van der Waals surface area (Å²) < 4.78 is 54.8. The molecule has 4 aliphatic carbocycles. The topological polar surface area (TPSA) is 91.7 Å². The summed E-state index contributed by atoms with van der Waals surface area (Å²) in [6.45, 7) is 0. The second kappa shape index (κ2) is 8.11. The Labute approximate surface area is 209 Å². The van der Waals surface area contributed by atoms with Gasteiger partial charge in [0.1, 0.15) is 11.9 Å². The third-order valence-electron chi connectivity index (χ3n) is 7.55. The number of alkyl halides is 3. The van der Waals surface area contributed by atoms with E-state index in [0.717, 1.165) is 0 Å². The zero-order chi connectivity index (χ0) is 25.3. The molecule has 5 aliphatic rings. The molecule has 2 aromatic rings. The number of hydrogen-bond donors (Lipinski definition) is 1. The van der Waals surface area contributed by atoms with Crippen LogP contribution in [0, 0.1) is 0 Å². The van der Waals surface area contributed by atoms with Gasteiger partial charge in [-0.2, -0.15) is 5.10 Å². The Balaban J connectivity index is 1.01. The predicted molar refractivity (Wildman–Crippen MR) is 119 cm³/mol. The molecule has 8 nitrogen and oxygen atoms in total. The maximum absolute atomic E-state index is 12.9. The van der Waals surface area contributed by atoms with Crippen LogP contribution in [0.3, 0.4) is 0 Å². The predicted octanol–water partition coefficient (Wildman–Crippen LogP) is 4.15. The van der Waals surface area contributed by atoms with Crippen LogP contribution in [0.1, 0.15) is 55.3 Å². The summed E-state index contributed by atoms with van der Waals surface area (Å²) in [6, 6.07) is 4.75. The standard InChI is InChI=1S/C24H23ClF3N3O5/c25-13-1-4-19-17(5-13)18(32)7-20(35-19)21(33)30-22-10-23(11-22,12-22)31-9-16(8-29-31)34-14-2-3-15(6-14)36-24(26,27)28/h1,4-5,8-9,14-15,20H,2-3,6-7,10-12H2,(H,30,33)/t14-,15+,20-,22?,23?/m1/s1. The fraction of sp³-hybridized carbons (Fsp3) is 0.542. The van der Waals surface area contributed by atoms with Crippen LogP contribution < -0.4 is 14.8 Å². The quantitative estimate of drug-likeness (QED) is 0.609. The molecule has 2 bridgehead atoms. The molecule has 4 saturated carbocycles. The highest BCUT2D eigenvalue weighted by molar-refractivity contribution is 6.31. The van der Waals surface area contributed by atoms with E-state index < -0.39 is 18.6 Å². The number of hydrogen-bond acceptors (Lipinski definition) is 6. The lowest BCUT2D eigenvalue weighted by molar-refractivity contribution is -0.341. The molecule has 1 amide bonds. The van der Waals surface area contributed by atoms with Crippen molar-refractivity contribution in [2.24, 2.45) is 0 Å². The minimum Gasteiger partial charge on any atom is -0.487 e. The number of rotatable bonds is 6. The number of carbonyl (C=O) groups is 2. The first-order valence-electron chi connectivity index (χ1n) is 11.8. The number of carbonyl (C=O) groups excluding carboxylic acids is 2. The Morgan fingerprint density at radius 2 is 1.97 bits per heavy atom. The molecule has 0 unspecified atom stereocenters. The first-order chi connectivity index (χ1) is 17.0. The summed E-state index contributed by atoms with van der Waals surface area (Å²) >= 11 is 5.95. The molecule has 36 heavy (non-hydrogen) atoms. The number of halogens is 4. The van der Waals surface area contributed by atoms with Gasteiger partial charge >= 0.3 is 6.36 Å². The highest BCUT2D eigenvalue weighted by atomic mass is 35.5. The average Bonchev–Trinajstić information content (AvgIpc) is 3.38. The van der Waals surface area contributed by atoms with E-state index >= 15 is 0 Å². The number of ether oxygens (including phenoxy) is 3. The summed E-state index contributed by atoms with van der Waals surface area (Å²) in [5.74, 6) is 0.352. The van der Waals surface area contributed by atoms with Crippen molar-refractivity contribution in [3.63, 3.8) is 0 Å². The molecule has 7 rings (SSSR count). The minimum absolute atomic E-state index is 0.0453. The Hall–Kier alpha value is -2.79. The Bertz CT molecular complexity index is 1210. The number of aromatic nitrogens is 2. The molecule has 12 heteroatoms. The normalized spacial score (nSPS) is 32.7. The van der Waals surface area contributed by atoms with Gasteiger partial charge in [-0.25, -0.2) is 0 Å². The molecule has 1 aromatic carbocycles. The van der Waals surface area contributed by atoms with E-state index in [1.54, 1.807) is 30.6 Å². The van der Waals surface area contributed by atoms with Gasteiger partial charge in [0.25, 0.3) is 5.91 Å². The van der Waals surface area contributed by atoms with Crippen LogP contribution in [0.15, 0.2) is 30.6 Å². The Kier molecular flexibility index (Phi) is 5.31. The number of amides is 1. The van der Waals surface area contributed by atoms with Crippen LogP contribution >= 0.6 is 11.6 Å². The van der Waals surface area contributed by atoms with Gasteiger partial charge in [-0.15, -0.1) is 13.2 Å². The highest BCUT2D eigenvalue weighted by Crippen LogP contribution is 2.65. The van der Waals surface area contributed by atoms with E-state index in [4.69, 9.17) is 21.1 Å². The van der Waals surface area contributed by atoms with Gasteiger partial charge in [-0.05, 0) is 50.3 Å². The van der Waals surface area contributed by atoms with Crippen LogP contribution in [0.5, 0.6) is 11.5 Å². The fourth-order valence-corrected chi connectivity index (χ4v) is 6.19. The Morgan fingerprint density at radius 3 is 2.72 bits per heavy atom. The van der Waals surface area contributed by atoms with Gasteiger partial charge < -0.3 is 14.8 Å². The van der Waals surface area contributed by atoms with Crippen LogP contribution in [-0.2, 0) is 15.1 Å². The van der Waals surface area contributed by atoms with Crippen molar-refractivity contribution in [2.45, 2.75) is 80.7 Å². The van der Waals surface area contributed by atoms with Gasteiger partial charge in [0.05, 0.1) is 36.0 Å². The summed E-state index contributed by atoms with van der Waals surface area (Å²) in [7, 11) is 0. The zero-order valence-electron chi connectivity index (χ0n) is 19.0. The van der Waals surface area contributed by atoms with Gasteiger partial charge in [0, 0.05) is 17.0 Å². The monoisotopic (exact) mass is 525 g/mol. The lowest BCUT2D eigenvalue weighted by Crippen LogP contribution is -2.79. The second-order valence-corrected chi connectivity index (χ2v) is 10.7. The Morgan fingerprint density at radius 1 is 1.22 bits per heavy atom. The van der Waals surface area contributed by atoms with E-state index in [1.165, 1.54) is 0 Å². The van der Waals surface area contributed by atoms with Crippen LogP contribution in [0.25, 0.3) is 0 Å². The van der Waals surface area contributed by atoms with Crippen molar-refractivity contribution < 1.29 is 37.0 Å². The molecule has 192 valence electrons. The average molecular weight is 526 g/mol. The molecule has 1 N–H and O–H groups in total. The maximum Gasteiger partial charge on any atom is 0.522 e. The van der Waals surface area contributed by atoms with Gasteiger partial charge in [-0.3, -0.25) is 19.0 Å². The van der Waals surface area contributed by atoms with Crippen molar-refractivity contribution in [3.05, 3.63) is 41.2 Å². The first kappa shape index (κ1) is 23.6. The summed E-state index contributed by atoms with van der Waals surface area (Å²) in [4.78, 5) is 25.3. The minimum atomic E-state index is -4.64. The third-order valence-corrected chi connectivity index (χ3v) is 7.78. The van der Waals surface area contributed by atoms with Crippen molar-refractivity contribution in [3.8, 4) is 11.5 Å². The summed E-state index contributed by atoms with van der Waals surface area (Å²) in [5.41, 5.74) is -0.197. The van der Waals surface area contributed by atoms with E-state index in [0.29, 0.717) is 54.2 Å². The van der Waals surface area contributed by atoms with Crippen molar-refractivity contribution >= 4 is 23.3 Å². The lowest BCUT2D eigenvalue weighted by atomic mass is 9.44. The summed E-state index contributed by atoms with van der Waals surface area (Å²) in [5, 5.41) is 7.89. The van der Waals surface area contributed by atoms with Crippen molar-refractivity contribution in [1.82, 2.24) is 15.1 Å². The fourth-order valence-electron chi connectivity index (χ4n) is 6.02. The lowest BCUT2D eigenvalue weighted by Gasteiger charge is -2.70. The van der Waals surface area contributed by atoms with Gasteiger partial charge in [0.2, 0.25) is 0 Å². The molecular formula is C24H23ClF3N3O5. The van der Waals surface area contributed by atoms with Crippen LogP contribution in [-0.4, -0.2) is 51.7 Å². The van der Waals surface area contributed by atoms with E-state index in [2.05, 4.69) is 15.2 Å². The number of fused-ring (bicyclic) bond motifs is 1. The van der Waals surface area contributed by atoms with E-state index in [-0.39, 0.29) is 41.7 Å². The number of Topliss-reactive ketones (excluding diaryl/α,β-unsaturated/α-hetero) is 1. The second-order valence-electron chi connectivity index (χ2n) is 10.3. The zero-order valence-corrected chi connectivity index (χ0v) is 19.8. The van der Waals surface area contributed by atoms with Crippen molar-refractivity contribution in [2.75, 3.05) is 0 Å². The van der Waals surface area contributed by atoms with Gasteiger partial charge in [0.15, 0.2) is 17.6 Å². The van der Waals surface area contributed by atoms with E-state index in [1.807, 2.05) is 4.68 Å². The first-order valence-corrected chi connectivity index (χ1v) is 12.2. The molecule has 0 spiro atoms. The van der Waals surface area contributed by atoms with E-state index in [9.17, 15) is 22.8 Å². The molecule has 1 aliphatic heterocycles. The number of ketones is 1. The SMILES string of the molecule is O=C1C[C@H](C(=O)NC23CC(n4cc(O[C@@H]5CC[C@H](OC(F)(F)F)C5)cn4)(C2)C3)Oc2ccc(Cl)cc21. The van der Waals surface area contributed by atoms with Crippen molar-refractivity contribution in [1.29, 1.82) is 0 Å². The molecule has 0 radical (unpaired) electrons. The van der Waals surface area contributed by atoms with Gasteiger partial charge in [-0.1, -0.05) is 11.6 Å². The van der Waals surface area contributed by atoms with Crippen LogP contribution in [0.2, 0.25) is 5.02 Å². The maximum atomic E-state index is 12.9. The smallest absolute Gasteiger partial charge is 0.487 e. The van der Waals surface area contributed by atoms with Crippen LogP contribution in [0.4, 0.5) is 13.2 Å². The molecule has 0 saturated heterocycles. The highest BCUT2D eigenvalue weighted by Gasteiger charge is 2.70. The summed E-state index contributed by atoms with van der Waals surface area (Å²) in [6.07, 6.45) is -0.494. The molecule has 3 atom stereocenters. The largest absolute Gasteiger partial charge is 0.522 e. The third kappa shape index (κ3) is 4.21. The molecule has 1 aromatic heterocycles.